The second kappa shape index (κ2) is 5.38. The van der Waals surface area contributed by atoms with E-state index in [4.69, 9.17) is 0 Å². The number of fused-ring (bicyclic) bond motifs is 1. The van der Waals surface area contributed by atoms with E-state index in [-0.39, 0.29) is 5.91 Å². The number of carbonyl (C=O) groups is 1. The van der Waals surface area contributed by atoms with Crippen LogP contribution in [0.15, 0.2) is 54.9 Å². The quantitative estimate of drug-likeness (QED) is 0.775. The maximum atomic E-state index is 12.3. The first kappa shape index (κ1) is 13.3. The van der Waals surface area contributed by atoms with Gasteiger partial charge in [-0.25, -0.2) is 4.52 Å². The van der Waals surface area contributed by atoms with Gasteiger partial charge in [0.05, 0.1) is 23.4 Å². The van der Waals surface area contributed by atoms with Gasteiger partial charge in [-0.05, 0) is 36.8 Å². The van der Waals surface area contributed by atoms with E-state index in [1.165, 1.54) is 0 Å². The normalized spacial score (nSPS) is 12.3. The number of hydrogen-bond acceptors (Lipinski definition) is 3. The van der Waals surface area contributed by atoms with E-state index in [0.717, 1.165) is 11.1 Å². The molecule has 0 spiro atoms. The highest BCUT2D eigenvalue weighted by Gasteiger charge is 2.12. The van der Waals surface area contributed by atoms with Gasteiger partial charge in [-0.2, -0.15) is 5.10 Å². The second-order valence-electron chi connectivity index (χ2n) is 4.84. The fourth-order valence-corrected chi connectivity index (χ4v) is 2.18. The fraction of sp³-hybridized carbons (Fsp3) is 0.125. The monoisotopic (exact) mass is 281 g/mol. The minimum absolute atomic E-state index is 0.223. The minimum atomic E-state index is -0.571. The summed E-state index contributed by atoms with van der Waals surface area (Å²) in [5.74, 6) is -0.223. The number of benzene rings is 1. The third-order valence-corrected chi connectivity index (χ3v) is 3.30. The summed E-state index contributed by atoms with van der Waals surface area (Å²) in [6.45, 7) is 1.69. The number of carbonyl (C=O) groups excluding carboxylic acids is 1. The van der Waals surface area contributed by atoms with Gasteiger partial charge in [0.25, 0.3) is 5.91 Å². The first-order valence-electron chi connectivity index (χ1n) is 6.67. The van der Waals surface area contributed by atoms with E-state index in [9.17, 15) is 9.90 Å². The van der Waals surface area contributed by atoms with Crippen LogP contribution >= 0.6 is 0 Å². The number of pyridine rings is 1. The molecule has 0 aliphatic carbocycles. The molecule has 0 saturated carbocycles. The smallest absolute Gasteiger partial charge is 0.259 e. The van der Waals surface area contributed by atoms with Gasteiger partial charge in [0.15, 0.2) is 0 Å². The standard InChI is InChI=1S/C16H15N3O2/c1-11(20)12-5-4-6-13(9-12)18-16(21)14-10-17-19-8-3-2-7-15(14)19/h2-11,20H,1H3,(H,18,21). The minimum Gasteiger partial charge on any atom is -0.389 e. The molecule has 5 nitrogen and oxygen atoms in total. The lowest BCUT2D eigenvalue weighted by molar-refractivity contribution is 0.102. The largest absolute Gasteiger partial charge is 0.389 e. The molecule has 2 aromatic heterocycles. The molecule has 2 N–H and O–H groups in total. The van der Waals surface area contributed by atoms with Crippen molar-refractivity contribution in [1.29, 1.82) is 0 Å². The van der Waals surface area contributed by atoms with Gasteiger partial charge in [0.1, 0.15) is 0 Å². The van der Waals surface area contributed by atoms with Crippen molar-refractivity contribution < 1.29 is 9.90 Å². The van der Waals surface area contributed by atoms with Crippen molar-refractivity contribution in [2.75, 3.05) is 5.32 Å². The van der Waals surface area contributed by atoms with Crippen molar-refractivity contribution in [3.05, 3.63) is 66.0 Å². The van der Waals surface area contributed by atoms with E-state index < -0.39 is 6.10 Å². The Morgan fingerprint density at radius 3 is 2.95 bits per heavy atom. The maximum absolute atomic E-state index is 12.3. The third kappa shape index (κ3) is 2.64. The molecular weight excluding hydrogens is 266 g/mol. The first-order chi connectivity index (χ1) is 10.1. The van der Waals surface area contributed by atoms with Crippen LogP contribution in [-0.4, -0.2) is 20.6 Å². The van der Waals surface area contributed by atoms with E-state index in [2.05, 4.69) is 10.4 Å². The Hall–Kier alpha value is -2.66. The molecule has 0 aliphatic heterocycles. The van der Waals surface area contributed by atoms with E-state index in [1.807, 2.05) is 24.3 Å². The highest BCUT2D eigenvalue weighted by Crippen LogP contribution is 2.18. The van der Waals surface area contributed by atoms with Crippen LogP contribution in [0, 0.1) is 0 Å². The van der Waals surface area contributed by atoms with Crippen molar-refractivity contribution in [3.8, 4) is 0 Å². The summed E-state index contributed by atoms with van der Waals surface area (Å²) >= 11 is 0. The molecule has 21 heavy (non-hydrogen) atoms. The molecule has 0 fully saturated rings. The number of aromatic nitrogens is 2. The molecule has 3 aromatic rings. The number of aliphatic hydroxyl groups excluding tert-OH is 1. The molecule has 1 atom stereocenters. The van der Waals surface area contributed by atoms with Gasteiger partial charge < -0.3 is 10.4 Å². The molecule has 106 valence electrons. The van der Waals surface area contributed by atoms with Gasteiger partial charge in [0, 0.05) is 11.9 Å². The number of hydrogen-bond donors (Lipinski definition) is 2. The van der Waals surface area contributed by atoms with Crippen molar-refractivity contribution in [2.45, 2.75) is 13.0 Å². The Labute approximate surface area is 121 Å². The highest BCUT2D eigenvalue weighted by atomic mass is 16.3. The number of rotatable bonds is 3. The molecule has 5 heteroatoms. The maximum Gasteiger partial charge on any atom is 0.259 e. The second-order valence-corrected chi connectivity index (χ2v) is 4.84. The summed E-state index contributed by atoms with van der Waals surface area (Å²) in [5, 5.41) is 16.6. The molecule has 2 heterocycles. The Bertz CT molecular complexity index is 793. The lowest BCUT2D eigenvalue weighted by atomic mass is 10.1. The molecule has 1 unspecified atom stereocenters. The van der Waals surface area contributed by atoms with Gasteiger partial charge in [0.2, 0.25) is 0 Å². The average Bonchev–Trinajstić information content (AvgIpc) is 2.91. The predicted octanol–water partition coefficient (Wildman–Crippen LogP) is 2.64. The fourth-order valence-electron chi connectivity index (χ4n) is 2.18. The van der Waals surface area contributed by atoms with Crippen molar-refractivity contribution >= 4 is 17.1 Å². The molecular formula is C16H15N3O2. The molecule has 0 radical (unpaired) electrons. The SMILES string of the molecule is CC(O)c1cccc(NC(=O)c2cnn3ccccc23)c1. The molecule has 1 aromatic carbocycles. The van der Waals surface area contributed by atoms with Crippen molar-refractivity contribution in [1.82, 2.24) is 9.61 Å². The number of nitrogens with zero attached hydrogens (tertiary/aromatic N) is 2. The van der Waals surface area contributed by atoms with Gasteiger partial charge >= 0.3 is 0 Å². The van der Waals surface area contributed by atoms with Crippen LogP contribution in [0.1, 0.15) is 28.9 Å². The molecule has 0 aliphatic rings. The number of nitrogens with one attached hydrogen (secondary N) is 1. The van der Waals surface area contributed by atoms with Gasteiger partial charge in [-0.15, -0.1) is 0 Å². The van der Waals surface area contributed by atoms with E-state index >= 15 is 0 Å². The highest BCUT2D eigenvalue weighted by molar-refractivity contribution is 6.08. The zero-order valence-corrected chi connectivity index (χ0v) is 11.5. The summed E-state index contributed by atoms with van der Waals surface area (Å²) in [4.78, 5) is 12.3. The van der Waals surface area contributed by atoms with Crippen LogP contribution in [0.2, 0.25) is 0 Å². The number of amides is 1. The van der Waals surface area contributed by atoms with Crippen molar-refractivity contribution in [3.63, 3.8) is 0 Å². The van der Waals surface area contributed by atoms with Crippen LogP contribution in [0.3, 0.4) is 0 Å². The Kier molecular flexibility index (Phi) is 3.41. The third-order valence-electron chi connectivity index (χ3n) is 3.30. The van der Waals surface area contributed by atoms with Crippen LogP contribution < -0.4 is 5.32 Å². The van der Waals surface area contributed by atoms with Gasteiger partial charge in [-0.3, -0.25) is 4.79 Å². The summed E-state index contributed by atoms with van der Waals surface area (Å²) in [5.41, 5.74) is 2.67. The summed E-state index contributed by atoms with van der Waals surface area (Å²) in [6, 6.07) is 12.7. The predicted molar refractivity (Wildman–Crippen MR) is 80.2 cm³/mol. The molecule has 0 saturated heterocycles. The Morgan fingerprint density at radius 2 is 2.14 bits per heavy atom. The molecule has 1 amide bonds. The van der Waals surface area contributed by atoms with E-state index in [1.54, 1.807) is 42.0 Å². The topological polar surface area (TPSA) is 66.6 Å². The zero-order valence-electron chi connectivity index (χ0n) is 11.5. The van der Waals surface area contributed by atoms with E-state index in [0.29, 0.717) is 11.3 Å². The number of aliphatic hydroxyl groups is 1. The Morgan fingerprint density at radius 1 is 1.29 bits per heavy atom. The van der Waals surface area contributed by atoms with Crippen LogP contribution in [0.4, 0.5) is 5.69 Å². The average molecular weight is 281 g/mol. The first-order valence-corrected chi connectivity index (χ1v) is 6.67. The van der Waals surface area contributed by atoms with Crippen LogP contribution in [0.5, 0.6) is 0 Å². The summed E-state index contributed by atoms with van der Waals surface area (Å²) in [7, 11) is 0. The number of anilines is 1. The lowest BCUT2D eigenvalue weighted by Gasteiger charge is -2.08. The van der Waals surface area contributed by atoms with Crippen LogP contribution in [0.25, 0.3) is 5.52 Å². The summed E-state index contributed by atoms with van der Waals surface area (Å²) < 4.78 is 1.65. The summed E-state index contributed by atoms with van der Waals surface area (Å²) in [6.07, 6.45) is 2.77. The van der Waals surface area contributed by atoms with Gasteiger partial charge in [-0.1, -0.05) is 18.2 Å². The van der Waals surface area contributed by atoms with Crippen molar-refractivity contribution in [2.24, 2.45) is 0 Å². The molecule has 0 bridgehead atoms. The lowest BCUT2D eigenvalue weighted by Crippen LogP contribution is -2.11. The Balaban J connectivity index is 1.88. The zero-order chi connectivity index (χ0) is 14.8. The van der Waals surface area contributed by atoms with Crippen LogP contribution in [-0.2, 0) is 0 Å². The molecule has 3 rings (SSSR count).